The van der Waals surface area contributed by atoms with Gasteiger partial charge in [0, 0.05) is 105 Å². The highest BCUT2D eigenvalue weighted by Gasteiger charge is 2.11. The molecule has 11 N–H and O–H groups in total. The molecule has 0 spiro atoms. The Morgan fingerprint density at radius 2 is 0.760 bits per heavy atom. The minimum absolute atomic E-state index is 0.666. The summed E-state index contributed by atoms with van der Waals surface area (Å²) < 4.78 is 0. The van der Waals surface area contributed by atoms with E-state index in [1.165, 1.54) is 0 Å². The summed E-state index contributed by atoms with van der Waals surface area (Å²) >= 11 is 0. The summed E-state index contributed by atoms with van der Waals surface area (Å²) in [6.45, 7) is 13.7. The van der Waals surface area contributed by atoms with Crippen LogP contribution in [-0.2, 0) is 0 Å². The van der Waals surface area contributed by atoms with Crippen LogP contribution in [-0.4, -0.2) is 119 Å². The van der Waals surface area contributed by atoms with Gasteiger partial charge >= 0.3 is 0 Å². The molecule has 9 heteroatoms. The van der Waals surface area contributed by atoms with Crippen LogP contribution in [0.15, 0.2) is 0 Å². The van der Waals surface area contributed by atoms with Crippen molar-refractivity contribution in [1.82, 2.24) is 20.0 Å². The molecule has 152 valence electrons. The first-order valence-electron chi connectivity index (χ1n) is 9.59. The quantitative estimate of drug-likeness (QED) is 0.128. The zero-order valence-electron chi connectivity index (χ0n) is 16.0. The van der Waals surface area contributed by atoms with Crippen LogP contribution >= 0.6 is 0 Å². The molecule has 0 rings (SSSR count). The molecule has 0 aliphatic carbocycles. The molecule has 0 aliphatic heterocycles. The van der Waals surface area contributed by atoms with Crippen molar-refractivity contribution in [3.8, 4) is 0 Å². The summed E-state index contributed by atoms with van der Waals surface area (Å²) in [5.41, 5.74) is 28.3. The highest BCUT2D eigenvalue weighted by molar-refractivity contribution is 4.69. The van der Waals surface area contributed by atoms with Crippen molar-refractivity contribution < 1.29 is 0 Å². The largest absolute Gasteiger partial charge is 0.329 e. The Balaban J connectivity index is 4.40. The molecule has 9 nitrogen and oxygen atoms in total. The van der Waals surface area contributed by atoms with Crippen LogP contribution in [0.1, 0.15) is 0 Å². The smallest absolute Gasteiger partial charge is 0.0110 e. The minimum atomic E-state index is 0.666. The summed E-state index contributed by atoms with van der Waals surface area (Å²) in [7, 11) is 0. The third-order valence-corrected chi connectivity index (χ3v) is 4.17. The van der Waals surface area contributed by atoms with E-state index in [-0.39, 0.29) is 0 Å². The average Bonchev–Trinajstić information content (AvgIpc) is 2.60. The Kier molecular flexibility index (Phi) is 18.2. The van der Waals surface area contributed by atoms with E-state index in [1.807, 2.05) is 0 Å². The Morgan fingerprint density at radius 1 is 0.400 bits per heavy atom. The van der Waals surface area contributed by atoms with Crippen LogP contribution in [0.2, 0.25) is 0 Å². The standard InChI is InChI=1S/C16H43N9/c17-1-6-22-7-12-25(15-13-23(8-2-18)9-3-19)16-14-24(10-4-20)11-5-21/h22H,1-21H2. The summed E-state index contributed by atoms with van der Waals surface area (Å²) in [6.07, 6.45) is 0. The number of hydrogen-bond donors (Lipinski definition) is 6. The monoisotopic (exact) mass is 361 g/mol. The van der Waals surface area contributed by atoms with E-state index in [4.69, 9.17) is 28.7 Å². The van der Waals surface area contributed by atoms with Crippen LogP contribution in [0.3, 0.4) is 0 Å². The van der Waals surface area contributed by atoms with Gasteiger partial charge in [-0.1, -0.05) is 0 Å². The van der Waals surface area contributed by atoms with Gasteiger partial charge in [-0.15, -0.1) is 0 Å². The van der Waals surface area contributed by atoms with Gasteiger partial charge in [0.25, 0.3) is 0 Å². The topological polar surface area (TPSA) is 152 Å². The SMILES string of the molecule is NCCNCCN(CCN(CCN)CCN)CCN(CCN)CCN. The molecule has 25 heavy (non-hydrogen) atoms. The van der Waals surface area contributed by atoms with Gasteiger partial charge in [-0.2, -0.15) is 0 Å². The Morgan fingerprint density at radius 3 is 1.08 bits per heavy atom. The van der Waals surface area contributed by atoms with Crippen LogP contribution in [0.25, 0.3) is 0 Å². The van der Waals surface area contributed by atoms with Gasteiger partial charge < -0.3 is 34.0 Å². The van der Waals surface area contributed by atoms with Gasteiger partial charge in [-0.3, -0.25) is 14.7 Å². The first kappa shape index (κ1) is 24.6. The predicted octanol–water partition coefficient (Wildman–Crippen LogP) is -3.72. The maximum atomic E-state index is 5.70. The Hall–Kier alpha value is -0.360. The van der Waals surface area contributed by atoms with E-state index in [1.54, 1.807) is 0 Å². The van der Waals surface area contributed by atoms with Crippen LogP contribution in [0, 0.1) is 0 Å². The van der Waals surface area contributed by atoms with Crippen molar-refractivity contribution in [3.63, 3.8) is 0 Å². The van der Waals surface area contributed by atoms with Crippen molar-refractivity contribution in [2.45, 2.75) is 0 Å². The lowest BCUT2D eigenvalue weighted by molar-refractivity contribution is 0.181. The number of nitrogens with two attached hydrogens (primary N) is 5. The molecule has 0 heterocycles. The Labute approximate surface area is 154 Å². The molecular formula is C16H43N9. The molecule has 0 unspecified atom stereocenters. The molecule has 0 aromatic heterocycles. The second-order valence-corrected chi connectivity index (χ2v) is 6.22. The maximum absolute atomic E-state index is 5.70. The van der Waals surface area contributed by atoms with Crippen LogP contribution in [0.5, 0.6) is 0 Å². The lowest BCUT2D eigenvalue weighted by Crippen LogP contribution is -2.45. The average molecular weight is 362 g/mol. The Bertz CT molecular complexity index is 236. The first-order valence-corrected chi connectivity index (χ1v) is 9.59. The van der Waals surface area contributed by atoms with Gasteiger partial charge in [0.15, 0.2) is 0 Å². The molecule has 0 atom stereocenters. The number of hydrogen-bond acceptors (Lipinski definition) is 9. The maximum Gasteiger partial charge on any atom is 0.0110 e. The van der Waals surface area contributed by atoms with Gasteiger partial charge in [-0.05, 0) is 0 Å². The number of nitrogens with zero attached hydrogens (tertiary/aromatic N) is 3. The van der Waals surface area contributed by atoms with Crippen molar-refractivity contribution >= 4 is 0 Å². The molecule has 0 aliphatic rings. The second-order valence-electron chi connectivity index (χ2n) is 6.22. The van der Waals surface area contributed by atoms with Crippen LogP contribution in [0.4, 0.5) is 0 Å². The third-order valence-electron chi connectivity index (χ3n) is 4.17. The first-order chi connectivity index (χ1) is 12.2. The van der Waals surface area contributed by atoms with Gasteiger partial charge in [0.2, 0.25) is 0 Å². The van der Waals surface area contributed by atoms with Crippen LogP contribution < -0.4 is 34.0 Å². The lowest BCUT2D eigenvalue weighted by atomic mass is 10.3. The molecule has 0 fully saturated rings. The fourth-order valence-corrected chi connectivity index (χ4v) is 2.77. The summed E-state index contributed by atoms with van der Waals surface area (Å²) in [6, 6.07) is 0. The van der Waals surface area contributed by atoms with E-state index in [2.05, 4.69) is 20.0 Å². The van der Waals surface area contributed by atoms with Gasteiger partial charge in [-0.25, -0.2) is 0 Å². The van der Waals surface area contributed by atoms with Crippen molar-refractivity contribution in [1.29, 1.82) is 0 Å². The number of rotatable bonds is 19. The highest BCUT2D eigenvalue weighted by Crippen LogP contribution is 1.95. The molecule has 0 saturated carbocycles. The van der Waals surface area contributed by atoms with E-state index in [0.717, 1.165) is 72.0 Å². The molecule has 0 bridgehead atoms. The molecule has 0 aromatic carbocycles. The fourth-order valence-electron chi connectivity index (χ4n) is 2.77. The summed E-state index contributed by atoms with van der Waals surface area (Å²) in [5, 5.41) is 3.37. The normalized spacial score (nSPS) is 12.0. The van der Waals surface area contributed by atoms with E-state index >= 15 is 0 Å². The zero-order valence-corrected chi connectivity index (χ0v) is 16.0. The minimum Gasteiger partial charge on any atom is -0.329 e. The lowest BCUT2D eigenvalue weighted by Gasteiger charge is -2.30. The van der Waals surface area contributed by atoms with E-state index < -0.39 is 0 Å². The molecule has 0 saturated heterocycles. The van der Waals surface area contributed by atoms with Crippen molar-refractivity contribution in [3.05, 3.63) is 0 Å². The summed E-state index contributed by atoms with van der Waals surface area (Å²) in [5.74, 6) is 0. The molecular weight excluding hydrogens is 318 g/mol. The number of nitrogens with one attached hydrogen (secondary N) is 1. The zero-order chi connectivity index (χ0) is 18.8. The van der Waals surface area contributed by atoms with Gasteiger partial charge in [0.05, 0.1) is 0 Å². The molecule has 0 amide bonds. The van der Waals surface area contributed by atoms with Crippen molar-refractivity contribution in [2.24, 2.45) is 28.7 Å². The van der Waals surface area contributed by atoms with Crippen molar-refractivity contribution in [2.75, 3.05) is 105 Å². The molecule has 0 radical (unpaired) electrons. The second kappa shape index (κ2) is 18.4. The summed E-state index contributed by atoms with van der Waals surface area (Å²) in [4.78, 5) is 7.14. The van der Waals surface area contributed by atoms with E-state index in [0.29, 0.717) is 32.7 Å². The highest BCUT2D eigenvalue weighted by atomic mass is 15.2. The van der Waals surface area contributed by atoms with E-state index in [9.17, 15) is 0 Å². The fraction of sp³-hybridized carbons (Fsp3) is 1.00. The predicted molar refractivity (Wildman–Crippen MR) is 107 cm³/mol. The van der Waals surface area contributed by atoms with Gasteiger partial charge in [0.1, 0.15) is 0 Å². The third kappa shape index (κ3) is 14.5. The molecule has 0 aromatic rings.